The van der Waals surface area contributed by atoms with Crippen LogP contribution in [-0.2, 0) is 11.3 Å². The molecule has 1 aromatic heterocycles. The van der Waals surface area contributed by atoms with Gasteiger partial charge in [-0.2, -0.15) is 0 Å². The lowest BCUT2D eigenvalue weighted by Crippen LogP contribution is -2.42. The predicted octanol–water partition coefficient (Wildman–Crippen LogP) is 2.48. The third-order valence-electron chi connectivity index (χ3n) is 4.54. The molecule has 1 amide bonds. The second kappa shape index (κ2) is 6.99. The number of aromatic nitrogens is 2. The molecular formula is C19H23N3O2. The van der Waals surface area contributed by atoms with Crippen molar-refractivity contribution in [1.29, 1.82) is 0 Å². The quantitative estimate of drug-likeness (QED) is 0.871. The summed E-state index contributed by atoms with van der Waals surface area (Å²) >= 11 is 0. The van der Waals surface area contributed by atoms with Crippen molar-refractivity contribution in [2.45, 2.75) is 33.2 Å². The summed E-state index contributed by atoms with van der Waals surface area (Å²) in [5.41, 5.74) is 2.50. The van der Waals surface area contributed by atoms with Gasteiger partial charge in [-0.1, -0.05) is 36.8 Å². The Morgan fingerprint density at radius 2 is 2.04 bits per heavy atom. The molecule has 0 aliphatic carbocycles. The van der Waals surface area contributed by atoms with Crippen molar-refractivity contribution in [2.24, 2.45) is 5.92 Å². The Morgan fingerprint density at radius 1 is 1.29 bits per heavy atom. The smallest absolute Gasteiger partial charge is 0.254 e. The number of amides is 1. The molecule has 3 rings (SSSR count). The van der Waals surface area contributed by atoms with Gasteiger partial charge in [0.15, 0.2) is 0 Å². The molecule has 24 heavy (non-hydrogen) atoms. The van der Waals surface area contributed by atoms with E-state index in [9.17, 15) is 9.59 Å². The van der Waals surface area contributed by atoms with Crippen LogP contribution in [-0.4, -0.2) is 33.4 Å². The number of hydrogen-bond acceptors (Lipinski definition) is 3. The van der Waals surface area contributed by atoms with Crippen LogP contribution in [0.2, 0.25) is 0 Å². The maximum Gasteiger partial charge on any atom is 0.254 e. The molecule has 2 aromatic rings. The topological polar surface area (TPSA) is 55.2 Å². The van der Waals surface area contributed by atoms with Crippen molar-refractivity contribution in [3.05, 3.63) is 52.6 Å². The zero-order valence-electron chi connectivity index (χ0n) is 14.2. The molecule has 1 aliphatic rings. The van der Waals surface area contributed by atoms with Crippen LogP contribution in [0.1, 0.15) is 25.3 Å². The molecule has 1 aliphatic heterocycles. The average molecular weight is 325 g/mol. The predicted molar refractivity (Wildman–Crippen MR) is 93.6 cm³/mol. The SMILES string of the molecule is Cc1ccc(-c2cc(=O)n(CC(=O)N3CCCC(C)C3)cn2)cc1. The number of piperidine rings is 1. The van der Waals surface area contributed by atoms with E-state index in [2.05, 4.69) is 11.9 Å². The fraction of sp³-hybridized carbons (Fsp3) is 0.421. The van der Waals surface area contributed by atoms with E-state index in [-0.39, 0.29) is 18.0 Å². The van der Waals surface area contributed by atoms with Gasteiger partial charge in [0.2, 0.25) is 5.91 Å². The fourth-order valence-corrected chi connectivity index (χ4v) is 3.09. The lowest BCUT2D eigenvalue weighted by atomic mass is 10.0. The van der Waals surface area contributed by atoms with E-state index in [0.717, 1.165) is 37.1 Å². The summed E-state index contributed by atoms with van der Waals surface area (Å²) in [6, 6.07) is 9.37. The Bertz CT molecular complexity index is 780. The van der Waals surface area contributed by atoms with Crippen LogP contribution >= 0.6 is 0 Å². The summed E-state index contributed by atoms with van der Waals surface area (Å²) in [5, 5.41) is 0. The third kappa shape index (κ3) is 3.72. The van der Waals surface area contributed by atoms with Gasteiger partial charge in [0, 0.05) is 24.7 Å². The summed E-state index contributed by atoms with van der Waals surface area (Å²) in [5.74, 6) is 0.523. The number of hydrogen-bond donors (Lipinski definition) is 0. The largest absolute Gasteiger partial charge is 0.341 e. The summed E-state index contributed by atoms with van der Waals surface area (Å²) in [6.07, 6.45) is 3.67. The van der Waals surface area contributed by atoms with Gasteiger partial charge in [-0.25, -0.2) is 4.98 Å². The molecule has 1 aromatic carbocycles. The maximum absolute atomic E-state index is 12.4. The summed E-state index contributed by atoms with van der Waals surface area (Å²) in [7, 11) is 0. The van der Waals surface area contributed by atoms with Crippen molar-refractivity contribution in [1.82, 2.24) is 14.5 Å². The molecule has 1 atom stereocenters. The van der Waals surface area contributed by atoms with Crippen molar-refractivity contribution in [2.75, 3.05) is 13.1 Å². The van der Waals surface area contributed by atoms with Crippen LogP contribution in [0.5, 0.6) is 0 Å². The van der Waals surface area contributed by atoms with Crippen LogP contribution in [0, 0.1) is 12.8 Å². The number of carbonyl (C=O) groups is 1. The van der Waals surface area contributed by atoms with Crippen molar-refractivity contribution in [3.8, 4) is 11.3 Å². The number of likely N-dealkylation sites (tertiary alicyclic amines) is 1. The van der Waals surface area contributed by atoms with Crippen molar-refractivity contribution >= 4 is 5.91 Å². The standard InChI is InChI=1S/C19H23N3O2/c1-14-5-7-16(8-6-14)17-10-18(23)22(13-20-17)12-19(24)21-9-3-4-15(2)11-21/h5-8,10,13,15H,3-4,9,11-12H2,1-2H3. The molecule has 0 radical (unpaired) electrons. The highest BCUT2D eigenvalue weighted by atomic mass is 16.2. The monoisotopic (exact) mass is 325 g/mol. The van der Waals surface area contributed by atoms with Gasteiger partial charge in [0.25, 0.3) is 5.56 Å². The summed E-state index contributed by atoms with van der Waals surface area (Å²) in [6.45, 7) is 5.80. The van der Waals surface area contributed by atoms with Crippen molar-refractivity contribution in [3.63, 3.8) is 0 Å². The molecule has 1 unspecified atom stereocenters. The minimum atomic E-state index is -0.195. The highest BCUT2D eigenvalue weighted by Gasteiger charge is 2.21. The third-order valence-corrected chi connectivity index (χ3v) is 4.54. The lowest BCUT2D eigenvalue weighted by molar-refractivity contribution is -0.133. The molecule has 2 heterocycles. The fourth-order valence-electron chi connectivity index (χ4n) is 3.09. The first kappa shape index (κ1) is 16.4. The van der Waals surface area contributed by atoms with Gasteiger partial charge in [-0.05, 0) is 25.7 Å². The Kier molecular flexibility index (Phi) is 4.79. The van der Waals surface area contributed by atoms with Gasteiger partial charge < -0.3 is 4.90 Å². The number of benzene rings is 1. The number of aryl methyl sites for hydroxylation is 1. The number of rotatable bonds is 3. The van der Waals surface area contributed by atoms with Crippen LogP contribution in [0.25, 0.3) is 11.3 Å². The van der Waals surface area contributed by atoms with Gasteiger partial charge in [0.1, 0.15) is 6.54 Å². The molecule has 0 bridgehead atoms. The van der Waals surface area contributed by atoms with E-state index in [1.54, 1.807) is 0 Å². The highest BCUT2D eigenvalue weighted by molar-refractivity contribution is 5.76. The minimum Gasteiger partial charge on any atom is -0.341 e. The van der Waals surface area contributed by atoms with Gasteiger partial charge in [0.05, 0.1) is 12.0 Å². The van der Waals surface area contributed by atoms with Crippen LogP contribution < -0.4 is 5.56 Å². The highest BCUT2D eigenvalue weighted by Crippen LogP contribution is 2.17. The maximum atomic E-state index is 12.4. The molecule has 0 N–H and O–H groups in total. The van der Waals surface area contributed by atoms with E-state index >= 15 is 0 Å². The van der Waals surface area contributed by atoms with Crippen LogP contribution in [0.4, 0.5) is 0 Å². The zero-order valence-corrected chi connectivity index (χ0v) is 14.2. The molecule has 126 valence electrons. The van der Waals surface area contributed by atoms with Gasteiger partial charge in [-0.15, -0.1) is 0 Å². The van der Waals surface area contributed by atoms with E-state index in [1.807, 2.05) is 36.1 Å². The molecular weight excluding hydrogens is 302 g/mol. The summed E-state index contributed by atoms with van der Waals surface area (Å²) < 4.78 is 1.39. The Morgan fingerprint density at radius 3 is 2.71 bits per heavy atom. The summed E-state index contributed by atoms with van der Waals surface area (Å²) in [4.78, 5) is 30.9. The molecule has 1 saturated heterocycles. The molecule has 0 saturated carbocycles. The minimum absolute atomic E-state index is 0.00599. The molecule has 0 spiro atoms. The first-order chi connectivity index (χ1) is 11.5. The first-order valence-electron chi connectivity index (χ1n) is 8.44. The second-order valence-electron chi connectivity index (χ2n) is 6.69. The van der Waals surface area contributed by atoms with E-state index in [4.69, 9.17) is 0 Å². The zero-order chi connectivity index (χ0) is 17.1. The van der Waals surface area contributed by atoms with Gasteiger partial charge in [-0.3, -0.25) is 14.2 Å². The second-order valence-corrected chi connectivity index (χ2v) is 6.69. The van der Waals surface area contributed by atoms with E-state index in [0.29, 0.717) is 11.6 Å². The van der Waals surface area contributed by atoms with E-state index in [1.165, 1.54) is 17.0 Å². The van der Waals surface area contributed by atoms with Crippen LogP contribution in [0.15, 0.2) is 41.5 Å². The normalized spacial score (nSPS) is 17.8. The number of carbonyl (C=O) groups excluding carboxylic acids is 1. The van der Waals surface area contributed by atoms with Crippen molar-refractivity contribution < 1.29 is 4.79 Å². The Hall–Kier alpha value is -2.43. The average Bonchev–Trinajstić information content (AvgIpc) is 2.57. The van der Waals surface area contributed by atoms with Gasteiger partial charge >= 0.3 is 0 Å². The van der Waals surface area contributed by atoms with Crippen LogP contribution in [0.3, 0.4) is 0 Å². The lowest BCUT2D eigenvalue weighted by Gasteiger charge is -2.31. The number of nitrogens with zero attached hydrogens (tertiary/aromatic N) is 3. The first-order valence-corrected chi connectivity index (χ1v) is 8.44. The molecule has 5 heteroatoms. The molecule has 1 fully saturated rings. The van der Waals surface area contributed by atoms with E-state index < -0.39 is 0 Å². The molecule has 5 nitrogen and oxygen atoms in total. The Labute approximate surface area is 141 Å². The Balaban J connectivity index is 1.74.